The first kappa shape index (κ1) is 13.5. The molecule has 2 rings (SSSR count). The monoisotopic (exact) mass is 275 g/mol. The Morgan fingerprint density at radius 3 is 2.05 bits per heavy atom. The van der Waals surface area contributed by atoms with Crippen molar-refractivity contribution in [2.75, 3.05) is 0 Å². The topological polar surface area (TPSA) is 71.4 Å². The largest absolute Gasteiger partial charge is 0.294 e. The van der Waals surface area contributed by atoms with Gasteiger partial charge in [-0.2, -0.15) is 8.42 Å². The number of hydrogen-bond donors (Lipinski definition) is 1. The third kappa shape index (κ3) is 3.49. The van der Waals surface area contributed by atoms with Crippen molar-refractivity contribution in [3.8, 4) is 0 Å². The molecule has 0 aromatic heterocycles. The Hall–Kier alpha value is -1.98. The van der Waals surface area contributed by atoms with Gasteiger partial charge in [-0.15, -0.1) is 0 Å². The van der Waals surface area contributed by atoms with E-state index in [0.29, 0.717) is 11.1 Å². The van der Waals surface area contributed by atoms with E-state index in [-0.39, 0.29) is 10.7 Å². The predicted molar refractivity (Wildman–Crippen MR) is 70.4 cm³/mol. The second-order valence-electron chi connectivity index (χ2n) is 3.92. The molecule has 1 radical (unpaired) electrons. The van der Waals surface area contributed by atoms with E-state index in [9.17, 15) is 13.2 Å². The van der Waals surface area contributed by atoms with Crippen molar-refractivity contribution in [2.45, 2.75) is 4.90 Å². The quantitative estimate of drug-likeness (QED) is 0.687. The number of hydrogen-bond acceptors (Lipinski definition) is 3. The molecule has 2 aromatic rings. The summed E-state index contributed by atoms with van der Waals surface area (Å²) in [7, 11) is -4.20. The van der Waals surface area contributed by atoms with E-state index in [4.69, 9.17) is 4.55 Å². The standard InChI is InChI=1S/C14H11O4S/c15-14(12-4-2-1-3-5-12)10-11-6-8-13(9-7-11)19(16,17)18/h1-10H,(H,16,17,18). The fraction of sp³-hybridized carbons (Fsp3) is 0. The van der Waals surface area contributed by atoms with Gasteiger partial charge in [0.15, 0.2) is 5.78 Å². The molecule has 0 saturated carbocycles. The van der Waals surface area contributed by atoms with Crippen LogP contribution in [0.25, 0.3) is 0 Å². The molecule has 0 aliphatic rings. The second kappa shape index (κ2) is 5.34. The highest BCUT2D eigenvalue weighted by molar-refractivity contribution is 7.85. The first-order valence-electron chi connectivity index (χ1n) is 5.48. The molecule has 97 valence electrons. The molecule has 0 fully saturated rings. The van der Waals surface area contributed by atoms with E-state index in [1.807, 2.05) is 6.07 Å². The summed E-state index contributed by atoms with van der Waals surface area (Å²) in [5.41, 5.74) is 1.13. The number of rotatable bonds is 4. The van der Waals surface area contributed by atoms with Crippen LogP contribution in [0, 0.1) is 6.42 Å². The average molecular weight is 275 g/mol. The summed E-state index contributed by atoms with van der Waals surface area (Å²) in [6.45, 7) is 0. The Morgan fingerprint density at radius 2 is 1.53 bits per heavy atom. The third-order valence-corrected chi connectivity index (χ3v) is 3.40. The summed E-state index contributed by atoms with van der Waals surface area (Å²) < 4.78 is 30.6. The highest BCUT2D eigenvalue weighted by atomic mass is 32.2. The van der Waals surface area contributed by atoms with Crippen LogP contribution in [0.5, 0.6) is 0 Å². The predicted octanol–water partition coefficient (Wildman–Crippen LogP) is 2.37. The third-order valence-electron chi connectivity index (χ3n) is 2.53. The smallest absolute Gasteiger partial charge is 0.293 e. The Bertz CT molecular complexity index is 673. The van der Waals surface area contributed by atoms with E-state index in [2.05, 4.69) is 0 Å². The fourth-order valence-corrected chi connectivity index (χ4v) is 2.05. The van der Waals surface area contributed by atoms with E-state index < -0.39 is 10.1 Å². The van der Waals surface area contributed by atoms with Gasteiger partial charge >= 0.3 is 0 Å². The summed E-state index contributed by atoms with van der Waals surface area (Å²) in [6, 6.07) is 14.2. The lowest BCUT2D eigenvalue weighted by Gasteiger charge is -2.02. The minimum absolute atomic E-state index is 0.166. The lowest BCUT2D eigenvalue weighted by molar-refractivity contribution is 0.103. The molecule has 0 aliphatic carbocycles. The average Bonchev–Trinajstić information content (AvgIpc) is 2.39. The van der Waals surface area contributed by atoms with Crippen molar-refractivity contribution in [1.29, 1.82) is 0 Å². The molecule has 0 unspecified atom stereocenters. The Morgan fingerprint density at radius 1 is 0.947 bits per heavy atom. The molecule has 0 amide bonds. The van der Waals surface area contributed by atoms with Crippen LogP contribution in [-0.2, 0) is 10.1 Å². The summed E-state index contributed by atoms with van der Waals surface area (Å²) >= 11 is 0. The maximum Gasteiger partial charge on any atom is 0.294 e. The molecule has 0 atom stereocenters. The lowest BCUT2D eigenvalue weighted by Crippen LogP contribution is -2.02. The minimum Gasteiger partial charge on any atom is -0.293 e. The highest BCUT2D eigenvalue weighted by Crippen LogP contribution is 2.13. The normalized spacial score (nSPS) is 11.2. The van der Waals surface area contributed by atoms with Crippen molar-refractivity contribution in [1.82, 2.24) is 0 Å². The van der Waals surface area contributed by atoms with Gasteiger partial charge in [-0.3, -0.25) is 9.35 Å². The van der Waals surface area contributed by atoms with Crippen molar-refractivity contribution in [3.63, 3.8) is 0 Å². The molecule has 2 aromatic carbocycles. The molecule has 0 bridgehead atoms. The number of carbonyl (C=O) groups is 1. The van der Waals surface area contributed by atoms with Crippen LogP contribution in [0.2, 0.25) is 0 Å². The molecule has 4 nitrogen and oxygen atoms in total. The van der Waals surface area contributed by atoms with E-state index in [0.717, 1.165) is 0 Å². The SMILES string of the molecule is O=C([CH]c1ccc(S(=O)(=O)O)cc1)c1ccccc1. The van der Waals surface area contributed by atoms with Crippen LogP contribution >= 0.6 is 0 Å². The van der Waals surface area contributed by atoms with Gasteiger partial charge < -0.3 is 0 Å². The van der Waals surface area contributed by atoms with Crippen LogP contribution in [-0.4, -0.2) is 18.8 Å². The van der Waals surface area contributed by atoms with Crippen LogP contribution in [0.3, 0.4) is 0 Å². The maximum absolute atomic E-state index is 11.9. The van der Waals surface area contributed by atoms with Crippen molar-refractivity contribution < 1.29 is 17.8 Å². The zero-order valence-electron chi connectivity index (χ0n) is 9.85. The molecule has 0 heterocycles. The molecule has 0 aliphatic heterocycles. The van der Waals surface area contributed by atoms with Crippen molar-refractivity contribution >= 4 is 15.9 Å². The molecule has 5 heteroatoms. The van der Waals surface area contributed by atoms with Crippen LogP contribution in [0.1, 0.15) is 15.9 Å². The second-order valence-corrected chi connectivity index (χ2v) is 5.34. The zero-order chi connectivity index (χ0) is 13.9. The summed E-state index contributed by atoms with van der Waals surface area (Å²) in [5.74, 6) is -0.166. The lowest BCUT2D eigenvalue weighted by atomic mass is 10.0. The molecular formula is C14H11O4S. The number of Topliss-reactive ketones (excluding diaryl/α,β-unsaturated/α-hetero) is 1. The van der Waals surface area contributed by atoms with Gasteiger partial charge in [0, 0.05) is 5.56 Å². The number of benzene rings is 2. The molecule has 19 heavy (non-hydrogen) atoms. The zero-order valence-corrected chi connectivity index (χ0v) is 10.7. The maximum atomic E-state index is 11.9. The van der Waals surface area contributed by atoms with Crippen molar-refractivity contribution in [3.05, 3.63) is 72.1 Å². The molecular weight excluding hydrogens is 264 g/mol. The van der Waals surface area contributed by atoms with Crippen LogP contribution in [0.15, 0.2) is 59.5 Å². The van der Waals surface area contributed by atoms with Gasteiger partial charge in [0.1, 0.15) is 0 Å². The summed E-state index contributed by atoms with van der Waals surface area (Å²) in [5, 5.41) is 0. The Kier molecular flexibility index (Phi) is 3.78. The first-order valence-corrected chi connectivity index (χ1v) is 6.92. The van der Waals surface area contributed by atoms with Gasteiger partial charge in [0.25, 0.3) is 10.1 Å². The molecule has 1 N–H and O–H groups in total. The van der Waals surface area contributed by atoms with Gasteiger partial charge in [-0.1, -0.05) is 42.5 Å². The molecule has 0 spiro atoms. The number of ketones is 1. The van der Waals surface area contributed by atoms with Gasteiger partial charge in [-0.25, -0.2) is 0 Å². The van der Waals surface area contributed by atoms with Crippen LogP contribution < -0.4 is 0 Å². The highest BCUT2D eigenvalue weighted by Gasteiger charge is 2.11. The minimum atomic E-state index is -4.20. The van der Waals surface area contributed by atoms with Gasteiger partial charge in [-0.05, 0) is 17.7 Å². The van der Waals surface area contributed by atoms with E-state index in [1.165, 1.54) is 30.7 Å². The van der Waals surface area contributed by atoms with E-state index in [1.54, 1.807) is 24.3 Å². The molecule has 0 saturated heterocycles. The van der Waals surface area contributed by atoms with Gasteiger partial charge in [0.05, 0.1) is 11.3 Å². The fourth-order valence-electron chi connectivity index (χ4n) is 1.57. The van der Waals surface area contributed by atoms with Crippen LogP contribution in [0.4, 0.5) is 0 Å². The van der Waals surface area contributed by atoms with Gasteiger partial charge in [0.2, 0.25) is 0 Å². The first-order chi connectivity index (χ1) is 8.97. The van der Waals surface area contributed by atoms with E-state index >= 15 is 0 Å². The Balaban J connectivity index is 2.15. The summed E-state index contributed by atoms with van der Waals surface area (Å²) in [6.07, 6.45) is 1.41. The number of carbonyl (C=O) groups excluding carboxylic acids is 1. The Labute approximate surface area is 111 Å². The summed E-state index contributed by atoms with van der Waals surface area (Å²) in [4.78, 5) is 11.7. The van der Waals surface area contributed by atoms with Crippen molar-refractivity contribution in [2.24, 2.45) is 0 Å².